The maximum Gasteiger partial charge on any atom is 0.405 e. The van der Waals surface area contributed by atoms with E-state index in [0.29, 0.717) is 5.56 Å². The lowest BCUT2D eigenvalue weighted by molar-refractivity contribution is -0.119. The van der Waals surface area contributed by atoms with E-state index >= 15 is 0 Å². The van der Waals surface area contributed by atoms with Crippen LogP contribution in [0.1, 0.15) is 12.5 Å². The van der Waals surface area contributed by atoms with Crippen molar-refractivity contribution in [2.75, 3.05) is 18.0 Å². The number of halogens is 4. The van der Waals surface area contributed by atoms with Crippen molar-refractivity contribution in [2.45, 2.75) is 19.6 Å². The Morgan fingerprint density at radius 1 is 1.47 bits per heavy atom. The highest BCUT2D eigenvalue weighted by atomic mass is 35.5. The van der Waals surface area contributed by atoms with Gasteiger partial charge in [-0.1, -0.05) is 11.6 Å². The molecule has 0 aliphatic rings. The summed E-state index contributed by atoms with van der Waals surface area (Å²) in [5.74, 6) is 0.120. The summed E-state index contributed by atoms with van der Waals surface area (Å²) in [6.07, 6.45) is -2.89. The van der Waals surface area contributed by atoms with Crippen molar-refractivity contribution in [3.63, 3.8) is 0 Å². The molecule has 0 saturated carbocycles. The van der Waals surface area contributed by atoms with E-state index < -0.39 is 12.7 Å². The number of nitrogens with zero attached hydrogens (tertiary/aromatic N) is 2. The number of alkyl halides is 3. The predicted molar refractivity (Wildman–Crippen MR) is 61.1 cm³/mol. The Labute approximate surface area is 102 Å². The largest absolute Gasteiger partial charge is 0.405 e. The molecule has 0 spiro atoms. The highest BCUT2D eigenvalue weighted by Crippen LogP contribution is 2.28. The summed E-state index contributed by atoms with van der Waals surface area (Å²) in [6, 6.07) is 1.59. The predicted octanol–water partition coefficient (Wildman–Crippen LogP) is 2.58. The molecule has 0 unspecified atom stereocenters. The third-order valence-electron chi connectivity index (χ3n) is 2.22. The quantitative estimate of drug-likeness (QED) is 0.912. The topological polar surface area (TPSA) is 42.2 Å². The average Bonchev–Trinajstić information content (AvgIpc) is 2.25. The summed E-state index contributed by atoms with van der Waals surface area (Å²) in [4.78, 5) is 4.95. The van der Waals surface area contributed by atoms with Crippen molar-refractivity contribution in [2.24, 2.45) is 5.73 Å². The summed E-state index contributed by atoms with van der Waals surface area (Å²) < 4.78 is 37.1. The highest BCUT2D eigenvalue weighted by molar-refractivity contribution is 6.33. The first-order valence-electron chi connectivity index (χ1n) is 5.04. The maximum atomic E-state index is 12.4. The average molecular weight is 268 g/mol. The Kier molecular flexibility index (Phi) is 4.59. The molecule has 0 radical (unpaired) electrons. The first kappa shape index (κ1) is 14.1. The molecule has 1 aromatic heterocycles. The van der Waals surface area contributed by atoms with Gasteiger partial charge in [-0.25, -0.2) is 4.98 Å². The Hall–Kier alpha value is -1.01. The fourth-order valence-electron chi connectivity index (χ4n) is 1.40. The molecular formula is C10H13ClF3N3. The fraction of sp³-hybridized carbons (Fsp3) is 0.500. The number of hydrogen-bond acceptors (Lipinski definition) is 3. The molecule has 1 heterocycles. The highest BCUT2D eigenvalue weighted by Gasteiger charge is 2.31. The van der Waals surface area contributed by atoms with Crippen LogP contribution in [0.3, 0.4) is 0 Å². The van der Waals surface area contributed by atoms with Crippen molar-refractivity contribution in [3.05, 3.63) is 22.8 Å². The van der Waals surface area contributed by atoms with E-state index in [2.05, 4.69) is 4.98 Å². The van der Waals surface area contributed by atoms with Crippen LogP contribution < -0.4 is 10.6 Å². The van der Waals surface area contributed by atoms with Crippen LogP contribution in [-0.2, 0) is 6.54 Å². The number of rotatable bonds is 4. The van der Waals surface area contributed by atoms with Gasteiger partial charge in [0.25, 0.3) is 0 Å². The maximum absolute atomic E-state index is 12.4. The van der Waals surface area contributed by atoms with E-state index in [4.69, 9.17) is 17.3 Å². The van der Waals surface area contributed by atoms with Gasteiger partial charge in [-0.15, -0.1) is 0 Å². The lowest BCUT2D eigenvalue weighted by Crippen LogP contribution is -2.35. The fourth-order valence-corrected chi connectivity index (χ4v) is 1.71. The molecule has 0 aliphatic carbocycles. The van der Waals surface area contributed by atoms with Crippen LogP contribution in [0, 0.1) is 0 Å². The Balaban J connectivity index is 3.04. The van der Waals surface area contributed by atoms with Crippen LogP contribution in [0.25, 0.3) is 0 Å². The van der Waals surface area contributed by atoms with Gasteiger partial charge in [0.05, 0.1) is 5.02 Å². The molecular weight excluding hydrogens is 255 g/mol. The lowest BCUT2D eigenvalue weighted by atomic mass is 10.2. The first-order valence-corrected chi connectivity index (χ1v) is 5.42. The van der Waals surface area contributed by atoms with Gasteiger partial charge in [-0.2, -0.15) is 13.2 Å². The molecule has 0 bridgehead atoms. The minimum absolute atomic E-state index is 0.120. The van der Waals surface area contributed by atoms with E-state index in [0.717, 1.165) is 4.90 Å². The number of hydrogen-bond donors (Lipinski definition) is 1. The summed E-state index contributed by atoms with van der Waals surface area (Å²) in [5, 5.41) is 0.182. The second-order valence-corrected chi connectivity index (χ2v) is 3.82. The molecule has 0 saturated heterocycles. The van der Waals surface area contributed by atoms with Crippen LogP contribution in [0.2, 0.25) is 5.02 Å². The second kappa shape index (κ2) is 5.55. The zero-order chi connectivity index (χ0) is 13.1. The van der Waals surface area contributed by atoms with E-state index in [1.807, 2.05) is 0 Å². The smallest absolute Gasteiger partial charge is 0.347 e. The summed E-state index contributed by atoms with van der Waals surface area (Å²) in [6.45, 7) is 0.862. The van der Waals surface area contributed by atoms with E-state index in [9.17, 15) is 13.2 Å². The SMILES string of the molecule is CCN(CC(F)(F)F)c1nccc(CN)c1Cl. The number of pyridine rings is 1. The monoisotopic (exact) mass is 267 g/mol. The molecule has 96 valence electrons. The second-order valence-electron chi connectivity index (χ2n) is 3.44. The van der Waals surface area contributed by atoms with Gasteiger partial charge >= 0.3 is 6.18 Å². The van der Waals surface area contributed by atoms with Crippen LogP contribution >= 0.6 is 11.6 Å². The molecule has 17 heavy (non-hydrogen) atoms. The van der Waals surface area contributed by atoms with Crippen LogP contribution in [-0.4, -0.2) is 24.2 Å². The molecule has 3 nitrogen and oxygen atoms in total. The van der Waals surface area contributed by atoms with E-state index in [1.165, 1.54) is 6.20 Å². The molecule has 1 rings (SSSR count). The Morgan fingerprint density at radius 2 is 2.12 bits per heavy atom. The molecule has 0 fully saturated rings. The van der Waals surface area contributed by atoms with Gasteiger partial charge < -0.3 is 10.6 Å². The zero-order valence-electron chi connectivity index (χ0n) is 9.26. The van der Waals surface area contributed by atoms with Gasteiger partial charge in [0.1, 0.15) is 12.4 Å². The molecule has 1 aromatic rings. The number of anilines is 1. The molecule has 0 aromatic carbocycles. The van der Waals surface area contributed by atoms with Crippen molar-refractivity contribution in [1.29, 1.82) is 0 Å². The van der Waals surface area contributed by atoms with Crippen molar-refractivity contribution in [3.8, 4) is 0 Å². The molecule has 0 amide bonds. The van der Waals surface area contributed by atoms with E-state index in [-0.39, 0.29) is 23.9 Å². The third kappa shape index (κ3) is 3.74. The van der Waals surface area contributed by atoms with Gasteiger partial charge in [-0.05, 0) is 18.6 Å². The van der Waals surface area contributed by atoms with Crippen LogP contribution in [0.15, 0.2) is 12.3 Å². The van der Waals surface area contributed by atoms with Crippen molar-refractivity contribution in [1.82, 2.24) is 4.98 Å². The third-order valence-corrected chi connectivity index (χ3v) is 2.63. The van der Waals surface area contributed by atoms with Crippen LogP contribution in [0.5, 0.6) is 0 Å². The van der Waals surface area contributed by atoms with Crippen LogP contribution in [0.4, 0.5) is 19.0 Å². The van der Waals surface area contributed by atoms with Gasteiger partial charge in [0, 0.05) is 19.3 Å². The molecule has 7 heteroatoms. The molecule has 2 N–H and O–H groups in total. The normalized spacial score (nSPS) is 11.6. The van der Waals surface area contributed by atoms with Crippen molar-refractivity contribution >= 4 is 17.4 Å². The number of nitrogens with two attached hydrogens (primary N) is 1. The van der Waals surface area contributed by atoms with E-state index in [1.54, 1.807) is 13.0 Å². The molecule has 0 atom stereocenters. The zero-order valence-corrected chi connectivity index (χ0v) is 10.0. The Morgan fingerprint density at radius 3 is 2.59 bits per heavy atom. The minimum Gasteiger partial charge on any atom is -0.347 e. The lowest BCUT2D eigenvalue weighted by Gasteiger charge is -2.24. The summed E-state index contributed by atoms with van der Waals surface area (Å²) in [5.41, 5.74) is 6.02. The Bertz CT molecular complexity index is 382. The standard InChI is InChI=1S/C10H13ClF3N3/c1-2-17(6-10(12,13)14)9-8(11)7(5-15)3-4-16-9/h3-4H,2,5-6,15H2,1H3. The summed E-state index contributed by atoms with van der Waals surface area (Å²) >= 11 is 5.96. The minimum atomic E-state index is -4.29. The van der Waals surface area contributed by atoms with Gasteiger partial charge in [-0.3, -0.25) is 0 Å². The summed E-state index contributed by atoms with van der Waals surface area (Å²) in [7, 11) is 0. The van der Waals surface area contributed by atoms with Gasteiger partial charge in [0.2, 0.25) is 0 Å². The van der Waals surface area contributed by atoms with Crippen molar-refractivity contribution < 1.29 is 13.2 Å². The van der Waals surface area contributed by atoms with Gasteiger partial charge in [0.15, 0.2) is 0 Å². The molecule has 0 aliphatic heterocycles. The number of aromatic nitrogens is 1. The first-order chi connectivity index (χ1) is 7.89.